The van der Waals surface area contributed by atoms with Crippen molar-refractivity contribution >= 4 is 42.8 Å². The molecule has 156 valence electrons. The number of sulfonamides is 1. The first kappa shape index (κ1) is 21.6. The predicted molar refractivity (Wildman–Crippen MR) is 109 cm³/mol. The maximum Gasteiger partial charge on any atom is 0.270 e. The van der Waals surface area contributed by atoms with Gasteiger partial charge in [0.2, 0.25) is 0 Å². The Bertz CT molecular complexity index is 1330. The normalized spacial score (nSPS) is 11.8. The number of anilines is 1. The van der Waals surface area contributed by atoms with Gasteiger partial charge in [-0.05, 0) is 30.3 Å². The zero-order valence-corrected chi connectivity index (χ0v) is 17.6. The third-order valence-corrected chi connectivity index (χ3v) is 6.71. The van der Waals surface area contributed by atoms with E-state index in [1.807, 2.05) is 0 Å². The van der Waals surface area contributed by atoms with Gasteiger partial charge in [0.25, 0.3) is 15.7 Å². The van der Waals surface area contributed by atoms with E-state index >= 15 is 0 Å². The third kappa shape index (κ3) is 4.72. The number of nitrogens with zero attached hydrogens (tertiary/aromatic N) is 3. The summed E-state index contributed by atoms with van der Waals surface area (Å²) in [6.45, 7) is 0. The lowest BCUT2D eigenvalue weighted by Gasteiger charge is -2.10. The van der Waals surface area contributed by atoms with E-state index < -0.39 is 35.4 Å². The highest BCUT2D eigenvalue weighted by molar-refractivity contribution is 7.92. The molecule has 0 atom stereocenters. The van der Waals surface area contributed by atoms with Crippen molar-refractivity contribution in [2.24, 2.45) is 0 Å². The smallest absolute Gasteiger partial charge is 0.270 e. The standard InChI is InChI=1S/C17H13ClN4O6S2/c1-29(25,26)17-9-8-15(19-20-17)11-2-4-12(5-3-11)21-30(27,28)16-10-13(22(23)24)6-7-14(16)18/h2-10,21H,1H3. The summed E-state index contributed by atoms with van der Waals surface area (Å²) in [4.78, 5) is 9.75. The SMILES string of the molecule is CS(=O)(=O)c1ccc(-c2ccc(NS(=O)(=O)c3cc([N+](=O)[O-])ccc3Cl)cc2)nn1. The molecule has 0 unspecified atom stereocenters. The second-order valence-corrected chi connectivity index (χ2v) is 10.1. The molecule has 2 aromatic carbocycles. The Hall–Kier alpha value is -3.09. The summed E-state index contributed by atoms with van der Waals surface area (Å²) in [6, 6.07) is 11.9. The molecule has 0 aliphatic heterocycles. The summed E-state index contributed by atoms with van der Waals surface area (Å²) in [5.41, 5.74) is 0.727. The number of nitrogens with one attached hydrogen (secondary N) is 1. The van der Waals surface area contributed by atoms with Gasteiger partial charge >= 0.3 is 0 Å². The van der Waals surface area contributed by atoms with Crippen molar-refractivity contribution in [3.63, 3.8) is 0 Å². The van der Waals surface area contributed by atoms with Crippen molar-refractivity contribution < 1.29 is 21.8 Å². The van der Waals surface area contributed by atoms with Gasteiger partial charge in [-0.3, -0.25) is 14.8 Å². The number of halogens is 1. The maximum atomic E-state index is 12.6. The Morgan fingerprint density at radius 1 is 0.967 bits per heavy atom. The average Bonchev–Trinajstić information content (AvgIpc) is 2.67. The number of sulfone groups is 1. The zero-order chi connectivity index (χ0) is 22.1. The zero-order valence-electron chi connectivity index (χ0n) is 15.2. The highest BCUT2D eigenvalue weighted by atomic mass is 35.5. The van der Waals surface area contributed by atoms with E-state index in [-0.39, 0.29) is 15.7 Å². The van der Waals surface area contributed by atoms with E-state index in [2.05, 4.69) is 14.9 Å². The van der Waals surface area contributed by atoms with Crippen molar-refractivity contribution in [1.82, 2.24) is 10.2 Å². The van der Waals surface area contributed by atoms with Crippen LogP contribution in [0.4, 0.5) is 11.4 Å². The Morgan fingerprint density at radius 2 is 1.63 bits per heavy atom. The first-order chi connectivity index (χ1) is 14.0. The topological polar surface area (TPSA) is 149 Å². The summed E-state index contributed by atoms with van der Waals surface area (Å²) in [5, 5.41) is 18.1. The number of hydrogen-bond donors (Lipinski definition) is 1. The first-order valence-electron chi connectivity index (χ1n) is 8.08. The fourth-order valence-corrected chi connectivity index (χ4v) is 4.49. The molecule has 1 heterocycles. The molecule has 0 saturated carbocycles. The fourth-order valence-electron chi connectivity index (χ4n) is 2.40. The van der Waals surface area contributed by atoms with Gasteiger partial charge in [0, 0.05) is 29.6 Å². The molecule has 0 aliphatic rings. The second-order valence-electron chi connectivity index (χ2n) is 6.08. The largest absolute Gasteiger partial charge is 0.280 e. The fraction of sp³-hybridized carbons (Fsp3) is 0.0588. The van der Waals surface area contributed by atoms with Crippen LogP contribution in [0.25, 0.3) is 11.3 Å². The molecular weight excluding hydrogens is 456 g/mol. The maximum absolute atomic E-state index is 12.6. The van der Waals surface area contributed by atoms with Gasteiger partial charge in [-0.1, -0.05) is 23.7 Å². The molecule has 30 heavy (non-hydrogen) atoms. The van der Waals surface area contributed by atoms with Crippen LogP contribution < -0.4 is 4.72 Å². The molecular formula is C17H13ClN4O6S2. The van der Waals surface area contributed by atoms with Gasteiger partial charge in [-0.15, -0.1) is 10.2 Å². The van der Waals surface area contributed by atoms with Gasteiger partial charge < -0.3 is 0 Å². The Kier molecular flexibility index (Phi) is 5.74. The molecule has 0 amide bonds. The number of nitro groups is 1. The van der Waals surface area contributed by atoms with Crippen LogP contribution >= 0.6 is 11.6 Å². The lowest BCUT2D eigenvalue weighted by atomic mass is 10.1. The Morgan fingerprint density at radius 3 is 2.17 bits per heavy atom. The van der Waals surface area contributed by atoms with Crippen LogP contribution in [0.3, 0.4) is 0 Å². The number of benzene rings is 2. The van der Waals surface area contributed by atoms with Gasteiger partial charge in [0.15, 0.2) is 14.9 Å². The van der Waals surface area contributed by atoms with Crippen LogP contribution in [-0.4, -0.2) is 38.2 Å². The Labute approximate surface area is 176 Å². The van der Waals surface area contributed by atoms with Gasteiger partial charge in [-0.2, -0.15) is 0 Å². The summed E-state index contributed by atoms with van der Waals surface area (Å²) in [5.74, 6) is 0. The van der Waals surface area contributed by atoms with Crippen molar-refractivity contribution in [3.8, 4) is 11.3 Å². The number of aromatic nitrogens is 2. The highest BCUT2D eigenvalue weighted by Gasteiger charge is 2.22. The Balaban J connectivity index is 1.85. The van der Waals surface area contributed by atoms with Gasteiger partial charge in [-0.25, -0.2) is 16.8 Å². The average molecular weight is 469 g/mol. The van der Waals surface area contributed by atoms with Crippen LogP contribution in [-0.2, 0) is 19.9 Å². The first-order valence-corrected chi connectivity index (χ1v) is 11.8. The molecule has 10 nitrogen and oxygen atoms in total. The monoisotopic (exact) mass is 468 g/mol. The number of hydrogen-bond acceptors (Lipinski definition) is 8. The van der Waals surface area contributed by atoms with Crippen LogP contribution in [0.15, 0.2) is 64.5 Å². The van der Waals surface area contributed by atoms with Crippen molar-refractivity contribution in [2.75, 3.05) is 11.0 Å². The summed E-state index contributed by atoms with van der Waals surface area (Å²) < 4.78 is 50.4. The van der Waals surface area contributed by atoms with Crippen molar-refractivity contribution in [3.05, 3.63) is 69.7 Å². The van der Waals surface area contributed by atoms with E-state index in [1.54, 1.807) is 12.1 Å². The molecule has 0 fully saturated rings. The minimum absolute atomic E-state index is 0.161. The van der Waals surface area contributed by atoms with E-state index in [4.69, 9.17) is 11.6 Å². The van der Waals surface area contributed by atoms with Crippen LogP contribution in [0.1, 0.15) is 0 Å². The molecule has 0 radical (unpaired) electrons. The molecule has 0 spiro atoms. The molecule has 1 aromatic heterocycles. The lowest BCUT2D eigenvalue weighted by Crippen LogP contribution is -2.13. The number of rotatable bonds is 6. The minimum Gasteiger partial charge on any atom is -0.280 e. The molecule has 13 heteroatoms. The molecule has 3 aromatic rings. The van der Waals surface area contributed by atoms with Crippen molar-refractivity contribution in [1.29, 1.82) is 0 Å². The highest BCUT2D eigenvalue weighted by Crippen LogP contribution is 2.28. The van der Waals surface area contributed by atoms with Crippen LogP contribution in [0, 0.1) is 10.1 Å². The number of non-ortho nitro benzene ring substituents is 1. The second kappa shape index (κ2) is 7.97. The van der Waals surface area contributed by atoms with Gasteiger partial charge in [0.05, 0.1) is 15.6 Å². The van der Waals surface area contributed by atoms with Crippen LogP contribution in [0.5, 0.6) is 0 Å². The van der Waals surface area contributed by atoms with Crippen LogP contribution in [0.2, 0.25) is 5.02 Å². The van der Waals surface area contributed by atoms with Crippen molar-refractivity contribution in [2.45, 2.75) is 9.92 Å². The van der Waals surface area contributed by atoms with E-state index in [1.165, 1.54) is 24.3 Å². The lowest BCUT2D eigenvalue weighted by molar-refractivity contribution is -0.385. The molecule has 0 aliphatic carbocycles. The molecule has 3 rings (SSSR count). The van der Waals surface area contributed by atoms with E-state index in [0.717, 1.165) is 24.5 Å². The van der Waals surface area contributed by atoms with Gasteiger partial charge in [0.1, 0.15) is 4.90 Å². The summed E-state index contributed by atoms with van der Waals surface area (Å²) >= 11 is 5.90. The summed E-state index contributed by atoms with van der Waals surface area (Å²) in [7, 11) is -7.65. The number of nitro benzene ring substituents is 1. The van der Waals surface area contributed by atoms with E-state index in [9.17, 15) is 26.9 Å². The molecule has 0 saturated heterocycles. The predicted octanol–water partition coefficient (Wildman–Crippen LogP) is 2.91. The summed E-state index contributed by atoms with van der Waals surface area (Å²) in [6.07, 6.45) is 1.02. The quantitative estimate of drug-likeness (QED) is 0.428. The minimum atomic E-state index is -4.18. The molecule has 0 bridgehead atoms. The molecule has 1 N–H and O–H groups in total. The van der Waals surface area contributed by atoms with E-state index in [0.29, 0.717) is 11.3 Å². The third-order valence-electron chi connectivity index (χ3n) is 3.87.